The predicted octanol–water partition coefficient (Wildman–Crippen LogP) is 5.65. The van der Waals surface area contributed by atoms with Crippen LogP contribution in [0.5, 0.6) is 0 Å². The second-order valence-electron chi connectivity index (χ2n) is 6.57. The molecule has 0 unspecified atom stereocenters. The monoisotopic (exact) mass is 435 g/mol. The van der Waals surface area contributed by atoms with E-state index in [0.29, 0.717) is 16.3 Å². The third kappa shape index (κ3) is 5.56. The molecule has 2 aromatic carbocycles. The molecule has 0 bridgehead atoms. The topological polar surface area (TPSA) is 54.9 Å². The summed E-state index contributed by atoms with van der Waals surface area (Å²) in [6.45, 7) is 3.47. The van der Waals surface area contributed by atoms with E-state index in [-0.39, 0.29) is 17.3 Å². The van der Waals surface area contributed by atoms with E-state index in [2.05, 4.69) is 15.3 Å². The first-order valence-corrected chi connectivity index (χ1v) is 9.82. The molecule has 4 nitrogen and oxygen atoms in total. The molecule has 30 heavy (non-hydrogen) atoms. The van der Waals surface area contributed by atoms with Gasteiger partial charge in [-0.1, -0.05) is 30.0 Å². The van der Waals surface area contributed by atoms with Crippen molar-refractivity contribution in [2.45, 2.75) is 25.0 Å². The quantitative estimate of drug-likeness (QED) is 0.320. The largest absolute Gasteiger partial charge is 0.416 e. The van der Waals surface area contributed by atoms with Gasteiger partial charge in [0.2, 0.25) is 5.91 Å². The van der Waals surface area contributed by atoms with Gasteiger partial charge in [0.15, 0.2) is 5.82 Å². The number of nitrogens with one attached hydrogen (secondary N) is 1. The Bertz CT molecular complexity index is 1070. The van der Waals surface area contributed by atoms with Crippen molar-refractivity contribution in [1.82, 2.24) is 9.97 Å². The Labute approximate surface area is 174 Å². The smallest absolute Gasteiger partial charge is 0.323 e. The van der Waals surface area contributed by atoms with Gasteiger partial charge >= 0.3 is 6.18 Å². The Balaban J connectivity index is 1.70. The number of aromatic nitrogens is 2. The summed E-state index contributed by atoms with van der Waals surface area (Å²) in [7, 11) is 0. The number of anilines is 1. The average molecular weight is 435 g/mol. The predicted molar refractivity (Wildman–Crippen MR) is 108 cm³/mol. The molecule has 0 saturated carbocycles. The van der Waals surface area contributed by atoms with Gasteiger partial charge in [0.25, 0.3) is 0 Å². The van der Waals surface area contributed by atoms with Crippen molar-refractivity contribution in [3.63, 3.8) is 0 Å². The summed E-state index contributed by atoms with van der Waals surface area (Å²) < 4.78 is 52.1. The zero-order valence-electron chi connectivity index (χ0n) is 16.0. The van der Waals surface area contributed by atoms with E-state index in [0.717, 1.165) is 29.5 Å². The van der Waals surface area contributed by atoms with E-state index in [9.17, 15) is 22.4 Å². The van der Waals surface area contributed by atoms with Crippen molar-refractivity contribution in [1.29, 1.82) is 0 Å². The van der Waals surface area contributed by atoms with E-state index < -0.39 is 23.5 Å². The second kappa shape index (κ2) is 8.83. The van der Waals surface area contributed by atoms with E-state index in [4.69, 9.17) is 0 Å². The zero-order valence-corrected chi connectivity index (χ0v) is 16.9. The SMILES string of the molecule is Cc1ccc(NC(=O)CSc2cc(C)nc(-c3ccc(C(F)(F)F)cc3)n2)c(F)c1. The van der Waals surface area contributed by atoms with Crippen molar-refractivity contribution >= 4 is 23.4 Å². The van der Waals surface area contributed by atoms with Gasteiger partial charge in [-0.25, -0.2) is 14.4 Å². The molecule has 0 aliphatic heterocycles. The number of hydrogen-bond donors (Lipinski definition) is 1. The van der Waals surface area contributed by atoms with E-state index in [1.165, 1.54) is 24.3 Å². The molecule has 156 valence electrons. The number of carbonyl (C=O) groups is 1. The minimum atomic E-state index is -4.42. The van der Waals surface area contributed by atoms with Gasteiger partial charge in [-0.3, -0.25) is 4.79 Å². The third-order valence-electron chi connectivity index (χ3n) is 4.05. The average Bonchev–Trinajstić information content (AvgIpc) is 2.68. The number of thioether (sulfide) groups is 1. The number of carbonyl (C=O) groups excluding carboxylic acids is 1. The molecule has 1 amide bonds. The zero-order chi connectivity index (χ0) is 21.9. The van der Waals surface area contributed by atoms with Crippen molar-refractivity contribution in [3.05, 3.63) is 71.2 Å². The molecule has 0 aliphatic rings. The van der Waals surface area contributed by atoms with Crippen LogP contribution in [0.15, 0.2) is 53.6 Å². The Morgan fingerprint density at radius 2 is 1.73 bits per heavy atom. The summed E-state index contributed by atoms with van der Waals surface area (Å²) >= 11 is 1.12. The van der Waals surface area contributed by atoms with Crippen LogP contribution < -0.4 is 5.32 Å². The van der Waals surface area contributed by atoms with E-state index >= 15 is 0 Å². The molecule has 9 heteroatoms. The van der Waals surface area contributed by atoms with E-state index in [1.54, 1.807) is 26.0 Å². The minimum absolute atomic E-state index is 0.0176. The maximum atomic E-state index is 13.9. The number of halogens is 4. The Morgan fingerprint density at radius 3 is 2.37 bits per heavy atom. The second-order valence-corrected chi connectivity index (χ2v) is 7.56. The molecular weight excluding hydrogens is 418 g/mol. The molecular formula is C21H17F4N3OS. The Morgan fingerprint density at radius 1 is 1.03 bits per heavy atom. The van der Waals surface area contributed by atoms with Gasteiger partial charge in [-0.05, 0) is 49.7 Å². The van der Waals surface area contributed by atoms with Crippen LogP contribution in [0.25, 0.3) is 11.4 Å². The highest BCUT2D eigenvalue weighted by Gasteiger charge is 2.30. The first-order valence-electron chi connectivity index (χ1n) is 8.84. The van der Waals surface area contributed by atoms with Crippen LogP contribution in [0.4, 0.5) is 23.2 Å². The van der Waals surface area contributed by atoms with Crippen LogP contribution in [0.2, 0.25) is 0 Å². The van der Waals surface area contributed by atoms with Gasteiger partial charge in [-0.15, -0.1) is 0 Å². The highest BCUT2D eigenvalue weighted by Crippen LogP contribution is 2.31. The summed E-state index contributed by atoms with van der Waals surface area (Å²) in [5.41, 5.74) is 1.11. The maximum Gasteiger partial charge on any atom is 0.416 e. The summed E-state index contributed by atoms with van der Waals surface area (Å²) in [4.78, 5) is 20.7. The number of rotatable bonds is 5. The van der Waals surface area contributed by atoms with Gasteiger partial charge in [0, 0.05) is 11.3 Å². The lowest BCUT2D eigenvalue weighted by Gasteiger charge is -2.09. The highest BCUT2D eigenvalue weighted by molar-refractivity contribution is 7.99. The molecule has 1 heterocycles. The number of aryl methyl sites for hydroxylation is 2. The maximum absolute atomic E-state index is 13.9. The molecule has 0 saturated heterocycles. The third-order valence-corrected chi connectivity index (χ3v) is 4.96. The molecule has 3 aromatic rings. The number of alkyl halides is 3. The lowest BCUT2D eigenvalue weighted by Crippen LogP contribution is -2.15. The molecule has 1 N–H and O–H groups in total. The lowest BCUT2D eigenvalue weighted by atomic mass is 10.1. The highest BCUT2D eigenvalue weighted by atomic mass is 32.2. The molecule has 0 spiro atoms. The first-order chi connectivity index (χ1) is 14.1. The summed E-state index contributed by atoms with van der Waals surface area (Å²) in [5.74, 6) is -0.682. The number of amides is 1. The lowest BCUT2D eigenvalue weighted by molar-refractivity contribution is -0.137. The molecule has 0 aliphatic carbocycles. The van der Waals surface area contributed by atoms with Crippen molar-refractivity contribution in [2.75, 3.05) is 11.1 Å². The van der Waals surface area contributed by atoms with Gasteiger partial charge in [0.05, 0.1) is 17.0 Å². The van der Waals surface area contributed by atoms with Crippen LogP contribution in [-0.2, 0) is 11.0 Å². The van der Waals surface area contributed by atoms with Crippen molar-refractivity contribution < 1.29 is 22.4 Å². The van der Waals surface area contributed by atoms with Crippen molar-refractivity contribution in [3.8, 4) is 11.4 Å². The van der Waals surface area contributed by atoms with Gasteiger partial charge < -0.3 is 5.32 Å². The van der Waals surface area contributed by atoms with Crippen LogP contribution in [0.1, 0.15) is 16.8 Å². The van der Waals surface area contributed by atoms with Gasteiger partial charge in [0.1, 0.15) is 10.8 Å². The van der Waals surface area contributed by atoms with E-state index in [1.807, 2.05) is 0 Å². The number of hydrogen-bond acceptors (Lipinski definition) is 4. The van der Waals surface area contributed by atoms with Crippen LogP contribution in [-0.4, -0.2) is 21.6 Å². The molecule has 0 radical (unpaired) electrons. The number of nitrogens with zero attached hydrogens (tertiary/aromatic N) is 2. The minimum Gasteiger partial charge on any atom is -0.323 e. The fraction of sp³-hybridized carbons (Fsp3) is 0.190. The molecule has 0 atom stereocenters. The van der Waals surface area contributed by atoms with Crippen LogP contribution >= 0.6 is 11.8 Å². The van der Waals surface area contributed by atoms with Gasteiger partial charge in [-0.2, -0.15) is 13.2 Å². The Hall–Kier alpha value is -2.94. The molecule has 1 aromatic heterocycles. The van der Waals surface area contributed by atoms with Crippen molar-refractivity contribution in [2.24, 2.45) is 0 Å². The van der Waals surface area contributed by atoms with Crippen LogP contribution in [0.3, 0.4) is 0 Å². The normalized spacial score (nSPS) is 11.4. The summed E-state index contributed by atoms with van der Waals surface area (Å²) in [6.07, 6.45) is -4.42. The standard InChI is InChI=1S/C21H17F4N3OS/c1-12-3-8-17(16(22)9-12)27-18(29)11-30-19-10-13(2)26-20(28-19)14-4-6-15(7-5-14)21(23,24)25/h3-10H,11H2,1-2H3,(H,27,29). The Kier molecular flexibility index (Phi) is 6.40. The van der Waals surface area contributed by atoms with Crippen LogP contribution in [0, 0.1) is 19.7 Å². The fourth-order valence-electron chi connectivity index (χ4n) is 2.60. The summed E-state index contributed by atoms with van der Waals surface area (Å²) in [6, 6.07) is 10.7. The first kappa shape index (κ1) is 21.8. The fourth-order valence-corrected chi connectivity index (χ4v) is 3.35. The summed E-state index contributed by atoms with van der Waals surface area (Å²) in [5, 5.41) is 2.99. The molecule has 3 rings (SSSR count). The molecule has 0 fully saturated rings. The number of benzene rings is 2.